The van der Waals surface area contributed by atoms with Crippen molar-refractivity contribution in [3.8, 4) is 0 Å². The molecule has 0 radical (unpaired) electrons. The van der Waals surface area contributed by atoms with E-state index >= 15 is 0 Å². The summed E-state index contributed by atoms with van der Waals surface area (Å²) in [5, 5.41) is 9.90. The summed E-state index contributed by atoms with van der Waals surface area (Å²) in [5.41, 5.74) is 1.78. The Balaban J connectivity index is 0.00000364. The second-order valence-electron chi connectivity index (χ2n) is 5.85. The Morgan fingerprint density at radius 1 is 1.33 bits per heavy atom. The number of rotatable bonds is 7. The van der Waals surface area contributed by atoms with E-state index in [0.29, 0.717) is 31.0 Å². The van der Waals surface area contributed by atoms with Gasteiger partial charge in [0.15, 0.2) is 5.96 Å². The van der Waals surface area contributed by atoms with E-state index in [9.17, 15) is 4.79 Å². The lowest BCUT2D eigenvalue weighted by atomic mass is 10.2. The van der Waals surface area contributed by atoms with Gasteiger partial charge in [0.05, 0.1) is 17.2 Å². The van der Waals surface area contributed by atoms with Crippen molar-refractivity contribution in [2.75, 3.05) is 26.0 Å². The van der Waals surface area contributed by atoms with E-state index in [1.807, 2.05) is 18.9 Å². The van der Waals surface area contributed by atoms with Crippen molar-refractivity contribution >= 4 is 64.5 Å². The van der Waals surface area contributed by atoms with Crippen LogP contribution in [0.4, 0.5) is 5.69 Å². The van der Waals surface area contributed by atoms with Crippen molar-refractivity contribution in [3.05, 3.63) is 45.4 Å². The van der Waals surface area contributed by atoms with Crippen molar-refractivity contribution in [1.29, 1.82) is 0 Å². The molecule has 0 aliphatic heterocycles. The third kappa shape index (κ3) is 8.44. The van der Waals surface area contributed by atoms with E-state index in [0.717, 1.165) is 22.3 Å². The minimum absolute atomic E-state index is 0. The molecule has 0 saturated heterocycles. The van der Waals surface area contributed by atoms with Crippen molar-refractivity contribution in [1.82, 2.24) is 15.2 Å². The molecule has 1 aromatic heterocycles. The van der Waals surface area contributed by atoms with E-state index in [2.05, 4.69) is 26.0 Å². The van der Waals surface area contributed by atoms with Crippen molar-refractivity contribution in [2.24, 2.45) is 4.99 Å². The third-order valence-electron chi connectivity index (χ3n) is 3.63. The molecule has 2 aromatic rings. The van der Waals surface area contributed by atoms with Gasteiger partial charge in [-0.1, -0.05) is 11.6 Å². The number of nitrogens with zero attached hydrogens (tertiary/aromatic N) is 3. The van der Waals surface area contributed by atoms with Gasteiger partial charge in [-0.2, -0.15) is 0 Å². The lowest BCUT2D eigenvalue weighted by molar-refractivity contribution is -0.116. The van der Waals surface area contributed by atoms with Gasteiger partial charge in [-0.15, -0.1) is 35.3 Å². The smallest absolute Gasteiger partial charge is 0.224 e. The number of carbonyl (C=O) groups excluding carboxylic acids is 1. The molecular weight excluding hydrogens is 497 g/mol. The summed E-state index contributed by atoms with van der Waals surface area (Å²) in [6.45, 7) is 3.36. The topological polar surface area (TPSA) is 69.6 Å². The first kappa shape index (κ1) is 23.6. The van der Waals surface area contributed by atoms with Crippen LogP contribution in [0.2, 0.25) is 5.02 Å². The maximum Gasteiger partial charge on any atom is 0.224 e. The molecule has 0 bridgehead atoms. The highest BCUT2D eigenvalue weighted by atomic mass is 127. The molecule has 0 aliphatic carbocycles. The van der Waals surface area contributed by atoms with E-state index in [1.54, 1.807) is 42.6 Å². The molecule has 148 valence electrons. The molecule has 0 aliphatic rings. The molecule has 1 amide bonds. The zero-order valence-corrected chi connectivity index (χ0v) is 19.6. The molecule has 2 N–H and O–H groups in total. The predicted molar refractivity (Wildman–Crippen MR) is 124 cm³/mol. The normalized spacial score (nSPS) is 10.9. The van der Waals surface area contributed by atoms with E-state index in [-0.39, 0.29) is 29.9 Å². The summed E-state index contributed by atoms with van der Waals surface area (Å²) in [4.78, 5) is 22.7. The number of halogens is 2. The zero-order chi connectivity index (χ0) is 18.9. The van der Waals surface area contributed by atoms with Crippen molar-refractivity contribution in [3.63, 3.8) is 0 Å². The first-order chi connectivity index (χ1) is 12.5. The molecule has 0 atom stereocenters. The summed E-state index contributed by atoms with van der Waals surface area (Å²) in [7, 11) is 3.72. The predicted octanol–water partition coefficient (Wildman–Crippen LogP) is 4.15. The number of anilines is 1. The monoisotopic (exact) mass is 521 g/mol. The average molecular weight is 522 g/mol. The second kappa shape index (κ2) is 12.1. The highest BCUT2D eigenvalue weighted by Crippen LogP contribution is 2.13. The van der Waals surface area contributed by atoms with Crippen LogP contribution < -0.4 is 10.6 Å². The maximum absolute atomic E-state index is 12.0. The number of aliphatic imine (C=N–C) groups is 1. The number of amides is 1. The number of aromatic nitrogens is 1. The van der Waals surface area contributed by atoms with Crippen molar-refractivity contribution < 1.29 is 4.79 Å². The van der Waals surface area contributed by atoms with Crippen LogP contribution in [-0.2, 0) is 11.3 Å². The number of hydrogen-bond acceptors (Lipinski definition) is 4. The summed E-state index contributed by atoms with van der Waals surface area (Å²) < 4.78 is 0. The highest BCUT2D eigenvalue weighted by molar-refractivity contribution is 14.0. The van der Waals surface area contributed by atoms with E-state index in [4.69, 9.17) is 11.6 Å². The SMILES string of the molecule is CN=C(NCCCC(=O)Nc1ccc(Cl)cc1)N(C)Cc1csc(C)n1.I. The van der Waals surface area contributed by atoms with Crippen LogP contribution >= 0.6 is 46.9 Å². The molecule has 0 spiro atoms. The number of nitrogens with one attached hydrogen (secondary N) is 2. The maximum atomic E-state index is 12.0. The quantitative estimate of drug-likeness (QED) is 0.249. The van der Waals surface area contributed by atoms with Crippen LogP contribution in [0, 0.1) is 6.92 Å². The second-order valence-corrected chi connectivity index (χ2v) is 7.35. The summed E-state index contributed by atoms with van der Waals surface area (Å²) in [5.74, 6) is 0.768. The lowest BCUT2D eigenvalue weighted by Gasteiger charge is -2.21. The minimum Gasteiger partial charge on any atom is -0.356 e. The van der Waals surface area contributed by atoms with Crippen LogP contribution in [0.5, 0.6) is 0 Å². The first-order valence-electron chi connectivity index (χ1n) is 8.36. The molecule has 2 rings (SSSR count). The van der Waals surface area contributed by atoms with Gasteiger partial charge < -0.3 is 15.5 Å². The first-order valence-corrected chi connectivity index (χ1v) is 9.62. The van der Waals surface area contributed by atoms with Crippen LogP contribution in [-0.4, -0.2) is 42.4 Å². The Labute approximate surface area is 186 Å². The summed E-state index contributed by atoms with van der Waals surface area (Å²) in [6.07, 6.45) is 1.14. The van der Waals surface area contributed by atoms with Gasteiger partial charge in [0.1, 0.15) is 0 Å². The molecule has 1 aromatic carbocycles. The number of benzene rings is 1. The standard InChI is InChI=1S/C18H24ClN5OS.HI/c1-13-22-16(12-26-13)11-24(3)18(20-2)21-10-4-5-17(25)23-15-8-6-14(19)7-9-15;/h6-9,12H,4-5,10-11H2,1-3H3,(H,20,21)(H,23,25);1H. The van der Waals surface area contributed by atoms with Crippen LogP contribution in [0.3, 0.4) is 0 Å². The molecule has 6 nitrogen and oxygen atoms in total. The fourth-order valence-electron chi connectivity index (χ4n) is 2.39. The Kier molecular flexibility index (Phi) is 10.6. The Bertz CT molecular complexity index is 750. The van der Waals surface area contributed by atoms with Crippen molar-refractivity contribution in [2.45, 2.75) is 26.3 Å². The van der Waals surface area contributed by atoms with Crippen LogP contribution in [0.15, 0.2) is 34.6 Å². The fourth-order valence-corrected chi connectivity index (χ4v) is 3.12. The third-order valence-corrected chi connectivity index (χ3v) is 4.71. The van der Waals surface area contributed by atoms with Gasteiger partial charge >= 0.3 is 0 Å². The molecule has 1 heterocycles. The fraction of sp³-hybridized carbons (Fsp3) is 0.389. The van der Waals surface area contributed by atoms with Gasteiger partial charge in [0.25, 0.3) is 0 Å². The summed E-state index contributed by atoms with van der Waals surface area (Å²) >= 11 is 7.47. The zero-order valence-electron chi connectivity index (χ0n) is 15.7. The molecule has 0 fully saturated rings. The number of guanidine groups is 1. The lowest BCUT2D eigenvalue weighted by Crippen LogP contribution is -2.39. The minimum atomic E-state index is -0.0181. The molecule has 0 saturated carbocycles. The summed E-state index contributed by atoms with van der Waals surface area (Å²) in [6, 6.07) is 7.08. The molecule has 0 unspecified atom stereocenters. The largest absolute Gasteiger partial charge is 0.356 e. The Hall–Kier alpha value is -1.39. The Morgan fingerprint density at radius 2 is 2.04 bits per heavy atom. The van der Waals surface area contributed by atoms with Crippen LogP contribution in [0.25, 0.3) is 0 Å². The Morgan fingerprint density at radius 3 is 2.63 bits per heavy atom. The van der Waals surface area contributed by atoms with Gasteiger partial charge in [-0.3, -0.25) is 9.79 Å². The molecular formula is C18H25ClIN5OS. The van der Waals surface area contributed by atoms with Gasteiger partial charge in [-0.05, 0) is 37.6 Å². The number of aryl methyl sites for hydroxylation is 1. The highest BCUT2D eigenvalue weighted by Gasteiger charge is 2.09. The average Bonchev–Trinajstić information content (AvgIpc) is 3.01. The molecule has 27 heavy (non-hydrogen) atoms. The van der Waals surface area contributed by atoms with E-state index in [1.165, 1.54) is 0 Å². The van der Waals surface area contributed by atoms with Crippen LogP contribution in [0.1, 0.15) is 23.5 Å². The van der Waals surface area contributed by atoms with Gasteiger partial charge in [-0.25, -0.2) is 4.98 Å². The number of hydrogen-bond donors (Lipinski definition) is 2. The van der Waals surface area contributed by atoms with Gasteiger partial charge in [0.2, 0.25) is 5.91 Å². The van der Waals surface area contributed by atoms with Gasteiger partial charge in [0, 0.05) is 43.2 Å². The molecule has 9 heteroatoms. The number of thiazole rings is 1. The van der Waals surface area contributed by atoms with E-state index < -0.39 is 0 Å². The number of carbonyl (C=O) groups is 1.